The monoisotopic (exact) mass is 382 g/mol. The maximum atomic E-state index is 14.5. The van der Waals surface area contributed by atoms with Gasteiger partial charge in [-0.05, 0) is 56.9 Å². The third-order valence-electron chi connectivity index (χ3n) is 4.53. The Morgan fingerprint density at radius 3 is 2.62 bits per heavy atom. The topological polar surface area (TPSA) is 82.2 Å². The standard InChI is InChI=1S/C18H23FN4O2.ClH/c1-11-9-12(2)23(22-11)16-4-3-14(10-15(16)19)21-18(24)17(20)13-5-7-25-8-6-13;/h3-4,9-10,13,17H,5-8,20H2,1-2H3,(H,21,24);1H. The van der Waals surface area contributed by atoms with Crippen LogP contribution in [0.5, 0.6) is 0 Å². The number of ether oxygens (including phenoxy) is 1. The summed E-state index contributed by atoms with van der Waals surface area (Å²) < 4.78 is 21.3. The van der Waals surface area contributed by atoms with Crippen LogP contribution in [0.3, 0.4) is 0 Å². The van der Waals surface area contributed by atoms with Gasteiger partial charge in [0.15, 0.2) is 5.82 Å². The van der Waals surface area contributed by atoms with Gasteiger partial charge in [-0.15, -0.1) is 12.4 Å². The predicted octanol–water partition coefficient (Wildman–Crippen LogP) is 2.74. The average molecular weight is 383 g/mol. The van der Waals surface area contributed by atoms with Crippen LogP contribution in [0.1, 0.15) is 24.2 Å². The number of halogens is 2. The van der Waals surface area contributed by atoms with Crippen molar-refractivity contribution in [1.29, 1.82) is 0 Å². The van der Waals surface area contributed by atoms with Crippen LogP contribution < -0.4 is 11.1 Å². The smallest absolute Gasteiger partial charge is 0.241 e. The van der Waals surface area contributed by atoms with Crippen LogP contribution in [-0.2, 0) is 9.53 Å². The Hall–Kier alpha value is -1.96. The first-order chi connectivity index (χ1) is 12.0. The van der Waals surface area contributed by atoms with Gasteiger partial charge in [-0.3, -0.25) is 4.79 Å². The van der Waals surface area contributed by atoms with Crippen molar-refractivity contribution < 1.29 is 13.9 Å². The summed E-state index contributed by atoms with van der Waals surface area (Å²) in [5.41, 5.74) is 8.43. The van der Waals surface area contributed by atoms with Crippen LogP contribution in [0.25, 0.3) is 5.69 Å². The number of carbonyl (C=O) groups excluding carboxylic acids is 1. The van der Waals surface area contributed by atoms with Gasteiger partial charge in [-0.25, -0.2) is 9.07 Å². The van der Waals surface area contributed by atoms with Crippen molar-refractivity contribution in [3.8, 4) is 5.69 Å². The van der Waals surface area contributed by atoms with Crippen molar-refractivity contribution in [3.05, 3.63) is 41.5 Å². The van der Waals surface area contributed by atoms with E-state index in [9.17, 15) is 9.18 Å². The summed E-state index contributed by atoms with van der Waals surface area (Å²) in [4.78, 5) is 12.3. The van der Waals surface area contributed by atoms with E-state index in [1.807, 2.05) is 19.9 Å². The number of aryl methyl sites for hydroxylation is 2. The second-order valence-electron chi connectivity index (χ2n) is 6.47. The first-order valence-electron chi connectivity index (χ1n) is 8.43. The van der Waals surface area contributed by atoms with Gasteiger partial charge in [0.2, 0.25) is 5.91 Å². The molecule has 0 radical (unpaired) electrons. The zero-order valence-electron chi connectivity index (χ0n) is 14.9. The molecular formula is C18H24ClFN4O2. The summed E-state index contributed by atoms with van der Waals surface area (Å²) in [5.74, 6) is -0.665. The number of hydrogen-bond acceptors (Lipinski definition) is 4. The first-order valence-corrected chi connectivity index (χ1v) is 8.43. The summed E-state index contributed by atoms with van der Waals surface area (Å²) in [7, 11) is 0. The van der Waals surface area contributed by atoms with Gasteiger partial charge < -0.3 is 15.8 Å². The lowest BCUT2D eigenvalue weighted by molar-refractivity contribution is -0.119. The third kappa shape index (κ3) is 4.41. The fraction of sp³-hybridized carbons (Fsp3) is 0.444. The number of carbonyl (C=O) groups is 1. The lowest BCUT2D eigenvalue weighted by atomic mass is 9.92. The predicted molar refractivity (Wildman–Crippen MR) is 100 cm³/mol. The van der Waals surface area contributed by atoms with E-state index >= 15 is 0 Å². The van der Waals surface area contributed by atoms with Gasteiger partial charge in [0, 0.05) is 24.6 Å². The Kier molecular flexibility index (Phi) is 6.75. The molecule has 0 bridgehead atoms. The quantitative estimate of drug-likeness (QED) is 0.851. The minimum atomic E-state index is -0.623. The van der Waals surface area contributed by atoms with Gasteiger partial charge in [-0.2, -0.15) is 5.10 Å². The Morgan fingerprint density at radius 2 is 2.04 bits per heavy atom. The lowest BCUT2D eigenvalue weighted by Gasteiger charge is -2.26. The molecule has 0 spiro atoms. The van der Waals surface area contributed by atoms with E-state index in [4.69, 9.17) is 10.5 Å². The van der Waals surface area contributed by atoms with E-state index in [1.54, 1.807) is 16.8 Å². The molecule has 8 heteroatoms. The van der Waals surface area contributed by atoms with Gasteiger partial charge in [0.05, 0.1) is 11.7 Å². The van der Waals surface area contributed by atoms with Crippen molar-refractivity contribution in [1.82, 2.24) is 9.78 Å². The van der Waals surface area contributed by atoms with Crippen LogP contribution in [0, 0.1) is 25.6 Å². The molecule has 1 saturated heterocycles. The molecule has 1 aliphatic heterocycles. The number of amides is 1. The minimum Gasteiger partial charge on any atom is -0.381 e. The van der Waals surface area contributed by atoms with Crippen LogP contribution in [-0.4, -0.2) is 34.9 Å². The zero-order chi connectivity index (χ0) is 18.0. The highest BCUT2D eigenvalue weighted by molar-refractivity contribution is 5.95. The van der Waals surface area contributed by atoms with E-state index in [0.717, 1.165) is 24.2 Å². The Morgan fingerprint density at radius 1 is 1.35 bits per heavy atom. The van der Waals surface area contributed by atoms with Gasteiger partial charge >= 0.3 is 0 Å². The van der Waals surface area contributed by atoms with Crippen molar-refractivity contribution in [3.63, 3.8) is 0 Å². The highest BCUT2D eigenvalue weighted by Crippen LogP contribution is 2.22. The van der Waals surface area contributed by atoms with E-state index in [2.05, 4.69) is 10.4 Å². The first kappa shape index (κ1) is 20.4. The van der Waals surface area contributed by atoms with Crippen molar-refractivity contribution in [2.45, 2.75) is 32.7 Å². The SMILES string of the molecule is Cc1cc(C)n(-c2ccc(NC(=O)C(N)C3CCOCC3)cc2F)n1.Cl. The number of nitrogens with two attached hydrogens (primary N) is 1. The molecule has 1 aromatic heterocycles. The average Bonchev–Trinajstić information content (AvgIpc) is 2.93. The van der Waals surface area contributed by atoms with E-state index in [0.29, 0.717) is 24.6 Å². The normalized spacial score (nSPS) is 16.0. The molecule has 1 amide bonds. The Balaban J connectivity index is 0.00000243. The number of nitrogens with one attached hydrogen (secondary N) is 1. The number of rotatable bonds is 4. The number of hydrogen-bond donors (Lipinski definition) is 2. The van der Waals surface area contributed by atoms with E-state index in [-0.39, 0.29) is 24.2 Å². The summed E-state index contributed by atoms with van der Waals surface area (Å²) >= 11 is 0. The molecule has 6 nitrogen and oxygen atoms in total. The fourth-order valence-corrected chi connectivity index (χ4v) is 3.14. The largest absolute Gasteiger partial charge is 0.381 e. The number of nitrogens with zero attached hydrogens (tertiary/aromatic N) is 2. The van der Waals surface area contributed by atoms with E-state index in [1.165, 1.54) is 6.07 Å². The maximum absolute atomic E-state index is 14.5. The molecule has 1 aromatic carbocycles. The Bertz CT molecular complexity index is 775. The molecule has 3 N–H and O–H groups in total. The molecule has 1 fully saturated rings. The maximum Gasteiger partial charge on any atom is 0.241 e. The molecule has 1 aliphatic rings. The molecule has 2 heterocycles. The highest BCUT2D eigenvalue weighted by atomic mass is 35.5. The zero-order valence-corrected chi connectivity index (χ0v) is 15.7. The molecule has 0 saturated carbocycles. The van der Waals surface area contributed by atoms with Crippen molar-refractivity contribution >= 4 is 24.0 Å². The Labute approximate surface area is 158 Å². The number of aromatic nitrogens is 2. The molecule has 3 rings (SSSR count). The van der Waals surface area contributed by atoms with Crippen molar-refractivity contribution in [2.24, 2.45) is 11.7 Å². The molecule has 1 unspecified atom stereocenters. The molecular weight excluding hydrogens is 359 g/mol. The summed E-state index contributed by atoms with van der Waals surface area (Å²) in [6.07, 6.45) is 1.53. The van der Waals surface area contributed by atoms with E-state index < -0.39 is 11.9 Å². The fourth-order valence-electron chi connectivity index (χ4n) is 3.14. The molecule has 142 valence electrons. The summed E-state index contributed by atoms with van der Waals surface area (Å²) in [6.45, 7) is 4.96. The van der Waals surface area contributed by atoms with Gasteiger partial charge in [-0.1, -0.05) is 0 Å². The summed E-state index contributed by atoms with van der Waals surface area (Å²) in [5, 5.41) is 6.98. The van der Waals surface area contributed by atoms with Gasteiger partial charge in [0.1, 0.15) is 5.69 Å². The van der Waals surface area contributed by atoms with Crippen LogP contribution >= 0.6 is 12.4 Å². The molecule has 2 aromatic rings. The second kappa shape index (κ2) is 8.62. The second-order valence-corrected chi connectivity index (χ2v) is 6.47. The van der Waals surface area contributed by atoms with Gasteiger partial charge in [0.25, 0.3) is 0 Å². The minimum absolute atomic E-state index is 0. The van der Waals surface area contributed by atoms with Crippen LogP contribution in [0.2, 0.25) is 0 Å². The number of anilines is 1. The lowest BCUT2D eigenvalue weighted by Crippen LogP contribution is -2.44. The molecule has 1 atom stereocenters. The summed E-state index contributed by atoms with van der Waals surface area (Å²) in [6, 6.07) is 5.80. The number of benzene rings is 1. The molecule has 26 heavy (non-hydrogen) atoms. The highest BCUT2D eigenvalue weighted by Gasteiger charge is 2.26. The third-order valence-corrected chi connectivity index (χ3v) is 4.53. The van der Waals surface area contributed by atoms with Crippen molar-refractivity contribution in [2.75, 3.05) is 18.5 Å². The van der Waals surface area contributed by atoms with Crippen LogP contribution in [0.15, 0.2) is 24.3 Å². The van der Waals surface area contributed by atoms with Crippen LogP contribution in [0.4, 0.5) is 10.1 Å². The molecule has 0 aliphatic carbocycles.